The minimum Gasteiger partial charge on any atom is -0.382 e. The van der Waals surface area contributed by atoms with Crippen LogP contribution in [0.4, 0.5) is 10.2 Å². The number of nitrogens with zero attached hydrogens (tertiary/aromatic N) is 6. The number of pyridine rings is 2. The van der Waals surface area contributed by atoms with E-state index in [1.807, 2.05) is 17.7 Å². The first-order valence-electron chi connectivity index (χ1n) is 7.83. The molecule has 0 unspecified atom stereocenters. The van der Waals surface area contributed by atoms with E-state index in [9.17, 15) is 4.39 Å². The van der Waals surface area contributed by atoms with Crippen molar-refractivity contribution in [1.29, 1.82) is 0 Å². The molecule has 0 atom stereocenters. The lowest BCUT2D eigenvalue weighted by atomic mass is 10.1. The van der Waals surface area contributed by atoms with Crippen LogP contribution < -0.4 is 5.73 Å². The number of halogens is 1. The van der Waals surface area contributed by atoms with Crippen LogP contribution in [0.5, 0.6) is 0 Å². The molecule has 1 radical (unpaired) electrons. The molecule has 0 spiro atoms. The number of aryl methyl sites for hydroxylation is 1. The van der Waals surface area contributed by atoms with Crippen molar-refractivity contribution in [2.45, 2.75) is 20.0 Å². The van der Waals surface area contributed by atoms with Crippen LogP contribution in [0.25, 0.3) is 22.2 Å². The highest BCUT2D eigenvalue weighted by atomic mass is 19.1. The van der Waals surface area contributed by atoms with Crippen molar-refractivity contribution in [3.05, 3.63) is 54.5 Å². The summed E-state index contributed by atoms with van der Waals surface area (Å²) in [5.41, 5.74) is 8.46. The predicted molar refractivity (Wildman–Crippen MR) is 91.0 cm³/mol. The molecule has 0 aliphatic heterocycles. The average molecular weight is 336 g/mol. The number of fused-ring (bicyclic) bond motifs is 1. The third-order valence-corrected chi connectivity index (χ3v) is 3.98. The van der Waals surface area contributed by atoms with Gasteiger partial charge in [-0.1, -0.05) is 0 Å². The van der Waals surface area contributed by atoms with Gasteiger partial charge in [0.15, 0.2) is 5.82 Å². The Morgan fingerprint density at radius 1 is 1.28 bits per heavy atom. The second-order valence-electron chi connectivity index (χ2n) is 5.54. The van der Waals surface area contributed by atoms with E-state index in [0.717, 1.165) is 23.2 Å². The van der Waals surface area contributed by atoms with Gasteiger partial charge in [0.2, 0.25) is 0 Å². The Morgan fingerprint density at radius 2 is 2.16 bits per heavy atom. The van der Waals surface area contributed by atoms with E-state index in [2.05, 4.69) is 26.4 Å². The van der Waals surface area contributed by atoms with Gasteiger partial charge in [-0.05, 0) is 25.1 Å². The van der Waals surface area contributed by atoms with Crippen molar-refractivity contribution < 1.29 is 4.39 Å². The lowest BCUT2D eigenvalue weighted by Gasteiger charge is -2.05. The van der Waals surface area contributed by atoms with Gasteiger partial charge >= 0.3 is 0 Å². The second kappa shape index (κ2) is 5.97. The first-order valence-corrected chi connectivity index (χ1v) is 7.83. The predicted octanol–water partition coefficient (Wildman–Crippen LogP) is 2.28. The van der Waals surface area contributed by atoms with Crippen LogP contribution in [0.3, 0.4) is 0 Å². The quantitative estimate of drug-likeness (QED) is 0.618. The van der Waals surface area contributed by atoms with Gasteiger partial charge in [0, 0.05) is 36.1 Å². The van der Waals surface area contributed by atoms with Crippen LogP contribution in [0.15, 0.2) is 36.8 Å². The molecule has 25 heavy (non-hydrogen) atoms. The Labute approximate surface area is 142 Å². The molecule has 7 nitrogen and oxygen atoms in total. The van der Waals surface area contributed by atoms with E-state index < -0.39 is 0 Å². The van der Waals surface area contributed by atoms with E-state index in [1.54, 1.807) is 29.3 Å². The van der Waals surface area contributed by atoms with Crippen LogP contribution in [-0.2, 0) is 13.1 Å². The molecule has 2 N–H and O–H groups in total. The molecule has 0 aliphatic carbocycles. The van der Waals surface area contributed by atoms with Gasteiger partial charge in [-0.3, -0.25) is 14.3 Å². The fourth-order valence-electron chi connectivity index (χ4n) is 2.78. The molecule has 4 aromatic rings. The standard InChI is InChI=1S/C17H15FN7/c1-2-25-15(5-7-22-25)11-8-21-17(19)16-12(11)9-24(23-16)10-14-13(18)4-3-6-20-14/h3-7,9H,2,10H2,1H3,(H2,19,21). The first-order chi connectivity index (χ1) is 12.2. The van der Waals surface area contributed by atoms with Gasteiger partial charge in [-0.15, -0.1) is 0 Å². The highest BCUT2D eigenvalue weighted by Gasteiger charge is 2.16. The SMILES string of the molecule is CCn1nccc1-c1[c]nc(N)c2nn(Cc3ncccc3F)cc12. The second-order valence-corrected chi connectivity index (χ2v) is 5.54. The van der Waals surface area contributed by atoms with Crippen LogP contribution in [-0.4, -0.2) is 29.5 Å². The lowest BCUT2D eigenvalue weighted by Crippen LogP contribution is -2.04. The first kappa shape index (κ1) is 15.3. The fraction of sp³-hybridized carbons (Fsp3) is 0.176. The Hall–Kier alpha value is -3.29. The summed E-state index contributed by atoms with van der Waals surface area (Å²) in [5, 5.41) is 9.52. The van der Waals surface area contributed by atoms with Gasteiger partial charge in [-0.2, -0.15) is 10.2 Å². The third kappa shape index (κ3) is 2.61. The number of nitrogens with two attached hydrogens (primary N) is 1. The van der Waals surface area contributed by atoms with E-state index in [0.29, 0.717) is 11.2 Å². The summed E-state index contributed by atoms with van der Waals surface area (Å²) < 4.78 is 17.3. The third-order valence-electron chi connectivity index (χ3n) is 3.98. The maximum absolute atomic E-state index is 13.9. The van der Waals surface area contributed by atoms with Crippen LogP contribution in [0, 0.1) is 12.0 Å². The van der Waals surface area contributed by atoms with E-state index in [4.69, 9.17) is 5.73 Å². The Bertz CT molecular complexity index is 1050. The minimum atomic E-state index is -0.371. The Morgan fingerprint density at radius 3 is 2.96 bits per heavy atom. The molecule has 0 amide bonds. The normalized spacial score (nSPS) is 11.3. The molecule has 0 bridgehead atoms. The minimum absolute atomic E-state index is 0.202. The van der Waals surface area contributed by atoms with Crippen molar-refractivity contribution in [3.8, 4) is 11.3 Å². The zero-order chi connectivity index (χ0) is 17.4. The summed E-state index contributed by atoms with van der Waals surface area (Å²) in [6.45, 7) is 2.92. The van der Waals surface area contributed by atoms with E-state index in [1.165, 1.54) is 6.07 Å². The molecular weight excluding hydrogens is 321 g/mol. The van der Waals surface area contributed by atoms with Gasteiger partial charge in [-0.25, -0.2) is 9.37 Å². The van der Waals surface area contributed by atoms with E-state index in [-0.39, 0.29) is 18.2 Å². The average Bonchev–Trinajstić information content (AvgIpc) is 3.24. The lowest BCUT2D eigenvalue weighted by molar-refractivity contribution is 0.572. The number of aromatic nitrogens is 6. The molecule has 0 aliphatic rings. The zero-order valence-electron chi connectivity index (χ0n) is 13.5. The maximum Gasteiger partial charge on any atom is 0.152 e. The summed E-state index contributed by atoms with van der Waals surface area (Å²) in [7, 11) is 0. The molecule has 0 saturated carbocycles. The molecular formula is C17H15FN7. The summed E-state index contributed by atoms with van der Waals surface area (Å²) in [6.07, 6.45) is 8.05. The number of nitrogen functional groups attached to an aromatic ring is 1. The van der Waals surface area contributed by atoms with Crippen molar-refractivity contribution in [3.63, 3.8) is 0 Å². The van der Waals surface area contributed by atoms with Crippen LogP contribution in [0.2, 0.25) is 0 Å². The fourth-order valence-corrected chi connectivity index (χ4v) is 2.78. The largest absolute Gasteiger partial charge is 0.382 e. The topological polar surface area (TPSA) is 87.4 Å². The zero-order valence-corrected chi connectivity index (χ0v) is 13.5. The molecule has 0 fully saturated rings. The highest BCUT2D eigenvalue weighted by Crippen LogP contribution is 2.29. The maximum atomic E-state index is 13.9. The molecule has 0 saturated heterocycles. The highest BCUT2D eigenvalue weighted by molar-refractivity contribution is 5.97. The molecule has 8 heteroatoms. The van der Waals surface area contributed by atoms with Crippen molar-refractivity contribution >= 4 is 16.7 Å². The Balaban J connectivity index is 1.84. The van der Waals surface area contributed by atoms with Gasteiger partial charge in [0.25, 0.3) is 0 Å². The number of hydrogen-bond acceptors (Lipinski definition) is 5. The number of rotatable bonds is 4. The summed E-state index contributed by atoms with van der Waals surface area (Å²) in [6, 6.07) is 4.82. The molecule has 0 aromatic carbocycles. The summed E-state index contributed by atoms with van der Waals surface area (Å²) in [5.74, 6) is -0.0921. The van der Waals surface area contributed by atoms with Gasteiger partial charge in [0.05, 0.1) is 17.9 Å². The molecule has 4 aromatic heterocycles. The number of anilines is 1. The summed E-state index contributed by atoms with van der Waals surface area (Å²) >= 11 is 0. The van der Waals surface area contributed by atoms with Crippen molar-refractivity contribution in [2.75, 3.05) is 5.73 Å². The number of hydrogen-bond donors (Lipinski definition) is 1. The van der Waals surface area contributed by atoms with Crippen molar-refractivity contribution in [1.82, 2.24) is 29.5 Å². The monoisotopic (exact) mass is 336 g/mol. The van der Waals surface area contributed by atoms with Gasteiger partial charge in [0.1, 0.15) is 17.5 Å². The Kier molecular flexibility index (Phi) is 3.64. The van der Waals surface area contributed by atoms with Crippen LogP contribution in [0.1, 0.15) is 12.6 Å². The molecule has 4 heterocycles. The van der Waals surface area contributed by atoms with E-state index >= 15 is 0 Å². The van der Waals surface area contributed by atoms with Crippen molar-refractivity contribution in [2.24, 2.45) is 0 Å². The smallest absolute Gasteiger partial charge is 0.152 e. The summed E-state index contributed by atoms with van der Waals surface area (Å²) in [4.78, 5) is 8.18. The molecule has 125 valence electrons. The molecule has 4 rings (SSSR count). The van der Waals surface area contributed by atoms with Gasteiger partial charge < -0.3 is 5.73 Å². The van der Waals surface area contributed by atoms with Crippen LogP contribution >= 0.6 is 0 Å².